The Kier molecular flexibility index (Phi) is 5.82. The summed E-state index contributed by atoms with van der Waals surface area (Å²) in [7, 11) is -3.60. The van der Waals surface area contributed by atoms with E-state index in [1.807, 2.05) is 30.3 Å². The van der Waals surface area contributed by atoms with E-state index in [-0.39, 0.29) is 4.90 Å². The molecular weight excluding hydrogens is 406 g/mol. The molecule has 0 unspecified atom stereocenters. The minimum atomic E-state index is -3.60. The summed E-state index contributed by atoms with van der Waals surface area (Å²) in [5, 5.41) is 20.8. The maximum Gasteiger partial charge on any atom is 0.243 e. The van der Waals surface area contributed by atoms with E-state index in [2.05, 4.69) is 15.6 Å². The third-order valence-corrected chi connectivity index (χ3v) is 6.77. The minimum absolute atomic E-state index is 0.179. The van der Waals surface area contributed by atoms with Crippen LogP contribution in [0, 0.1) is 0 Å². The van der Waals surface area contributed by atoms with Crippen molar-refractivity contribution in [2.45, 2.75) is 18.0 Å². The second-order valence-corrected chi connectivity index (χ2v) is 8.83. The van der Waals surface area contributed by atoms with Gasteiger partial charge in [-0.05, 0) is 37.3 Å². The Balaban J connectivity index is 1.52. The van der Waals surface area contributed by atoms with Crippen molar-refractivity contribution in [1.82, 2.24) is 4.31 Å². The second kappa shape index (κ2) is 8.52. The first-order valence-electron chi connectivity index (χ1n) is 9.56. The third kappa shape index (κ3) is 4.08. The minimum Gasteiger partial charge on any atom is -0.379 e. The van der Waals surface area contributed by atoms with E-state index in [0.29, 0.717) is 43.4 Å². The van der Waals surface area contributed by atoms with Crippen LogP contribution in [0.15, 0.2) is 69.7 Å². The van der Waals surface area contributed by atoms with Gasteiger partial charge < -0.3 is 9.84 Å². The Hall–Kier alpha value is -2.79. The zero-order chi connectivity index (χ0) is 21.1. The number of aliphatic hydroxyl groups excluding tert-OH is 1. The summed E-state index contributed by atoms with van der Waals surface area (Å²) in [6.07, 6.45) is -1.04. The number of aliphatic hydroxyl groups is 1. The maximum absolute atomic E-state index is 12.8. The van der Waals surface area contributed by atoms with Crippen LogP contribution in [0.1, 0.15) is 6.92 Å². The molecule has 0 amide bonds. The number of benzene rings is 2. The Labute approximate surface area is 175 Å². The highest BCUT2D eigenvalue weighted by Gasteiger charge is 2.31. The summed E-state index contributed by atoms with van der Waals surface area (Å²) in [4.78, 5) is 0.179. The van der Waals surface area contributed by atoms with Crippen LogP contribution in [0.3, 0.4) is 0 Å². The summed E-state index contributed by atoms with van der Waals surface area (Å²) in [6, 6.07) is 15.7. The fourth-order valence-electron chi connectivity index (χ4n) is 3.28. The van der Waals surface area contributed by atoms with Crippen LogP contribution < -0.4 is 10.4 Å². The van der Waals surface area contributed by atoms with E-state index in [0.717, 1.165) is 5.69 Å². The lowest BCUT2D eigenvalue weighted by atomic mass is 10.2. The summed E-state index contributed by atoms with van der Waals surface area (Å²) in [5.74, 6) is 0. The number of ether oxygens (including phenoxy) is 1. The van der Waals surface area contributed by atoms with Crippen LogP contribution in [0.2, 0.25) is 0 Å². The Morgan fingerprint density at radius 3 is 2.60 bits per heavy atom. The highest BCUT2D eigenvalue weighted by molar-refractivity contribution is 7.89. The Bertz CT molecular complexity index is 1070. The highest BCUT2D eigenvalue weighted by Crippen LogP contribution is 2.23. The van der Waals surface area contributed by atoms with E-state index in [1.165, 1.54) is 15.4 Å². The molecule has 0 radical (unpaired) electrons. The van der Waals surface area contributed by atoms with Crippen LogP contribution in [0.25, 0.3) is 0 Å². The lowest BCUT2D eigenvalue weighted by Gasteiger charge is -2.26. The number of rotatable bonds is 5. The van der Waals surface area contributed by atoms with Crippen LogP contribution >= 0.6 is 0 Å². The molecule has 30 heavy (non-hydrogen) atoms. The first-order valence-corrected chi connectivity index (χ1v) is 11.0. The fraction of sp³-hybridized carbons (Fsp3) is 0.300. The standard InChI is InChI=1S/C20H23N5O4S/c1-15-19(20(26)25(23-15)17-7-3-2-4-8-17)22-21-16-6-5-9-18(14-16)30(27,28)24-10-12-29-13-11-24/h2-9,14,20-21,26H,10-13H2,1H3/b22-19-/t20-/m0/s1. The van der Waals surface area contributed by atoms with Gasteiger partial charge in [0.05, 0.1) is 35.2 Å². The molecule has 1 fully saturated rings. The number of para-hydroxylation sites is 1. The quantitative estimate of drug-likeness (QED) is 0.701. The molecule has 4 rings (SSSR count). The van der Waals surface area contributed by atoms with Gasteiger partial charge in [-0.25, -0.2) is 13.4 Å². The monoisotopic (exact) mass is 429 g/mol. The molecule has 2 aromatic rings. The predicted molar refractivity (Wildman–Crippen MR) is 115 cm³/mol. The van der Waals surface area contributed by atoms with Crippen molar-refractivity contribution in [2.75, 3.05) is 36.7 Å². The lowest BCUT2D eigenvalue weighted by molar-refractivity contribution is 0.0730. The van der Waals surface area contributed by atoms with Gasteiger partial charge in [-0.15, -0.1) is 0 Å². The molecule has 10 heteroatoms. The maximum atomic E-state index is 12.8. The number of hydrazone groups is 2. The smallest absolute Gasteiger partial charge is 0.243 e. The average molecular weight is 430 g/mol. The van der Waals surface area contributed by atoms with Crippen LogP contribution in [0.4, 0.5) is 11.4 Å². The summed E-state index contributed by atoms with van der Waals surface area (Å²) in [5.41, 5.74) is 5.01. The molecule has 2 N–H and O–H groups in total. The van der Waals surface area contributed by atoms with Crippen molar-refractivity contribution in [3.63, 3.8) is 0 Å². The molecule has 1 saturated heterocycles. The number of nitrogens with zero attached hydrogens (tertiary/aromatic N) is 4. The predicted octanol–water partition coefficient (Wildman–Crippen LogP) is 1.69. The molecule has 0 bridgehead atoms. The topological polar surface area (TPSA) is 107 Å². The van der Waals surface area contributed by atoms with Gasteiger partial charge in [0.15, 0.2) is 6.23 Å². The van der Waals surface area contributed by atoms with E-state index in [4.69, 9.17) is 4.74 Å². The third-order valence-electron chi connectivity index (χ3n) is 4.87. The van der Waals surface area contributed by atoms with E-state index in [1.54, 1.807) is 25.1 Å². The number of nitrogens with one attached hydrogen (secondary N) is 1. The van der Waals surface area contributed by atoms with Gasteiger partial charge in [-0.3, -0.25) is 5.43 Å². The van der Waals surface area contributed by atoms with Gasteiger partial charge in [0.1, 0.15) is 5.71 Å². The number of hydrogen-bond acceptors (Lipinski definition) is 8. The average Bonchev–Trinajstić information content (AvgIpc) is 3.07. The normalized spacial score (nSPS) is 21.7. The molecule has 2 heterocycles. The molecule has 2 aromatic carbocycles. The number of anilines is 2. The van der Waals surface area contributed by atoms with Gasteiger partial charge in [0, 0.05) is 13.1 Å². The fourth-order valence-corrected chi connectivity index (χ4v) is 4.73. The first kappa shape index (κ1) is 20.5. The van der Waals surface area contributed by atoms with Crippen molar-refractivity contribution in [2.24, 2.45) is 10.2 Å². The zero-order valence-corrected chi connectivity index (χ0v) is 17.3. The molecule has 0 spiro atoms. The molecular formula is C20H23N5O4S. The van der Waals surface area contributed by atoms with Crippen molar-refractivity contribution in [3.05, 3.63) is 54.6 Å². The van der Waals surface area contributed by atoms with Gasteiger partial charge in [-0.1, -0.05) is 24.3 Å². The van der Waals surface area contributed by atoms with Crippen LogP contribution in [-0.4, -0.2) is 61.8 Å². The van der Waals surface area contributed by atoms with Crippen molar-refractivity contribution in [1.29, 1.82) is 0 Å². The molecule has 0 aliphatic carbocycles. The highest BCUT2D eigenvalue weighted by atomic mass is 32.2. The Morgan fingerprint density at radius 1 is 1.13 bits per heavy atom. The molecule has 2 aliphatic rings. The van der Waals surface area contributed by atoms with Crippen molar-refractivity contribution < 1.29 is 18.3 Å². The lowest BCUT2D eigenvalue weighted by Crippen LogP contribution is -2.40. The van der Waals surface area contributed by atoms with Crippen molar-refractivity contribution in [3.8, 4) is 0 Å². The molecule has 0 aromatic heterocycles. The molecule has 1 atom stereocenters. The summed E-state index contributed by atoms with van der Waals surface area (Å²) < 4.78 is 32.3. The Morgan fingerprint density at radius 2 is 1.87 bits per heavy atom. The van der Waals surface area contributed by atoms with Gasteiger partial charge >= 0.3 is 0 Å². The van der Waals surface area contributed by atoms with Crippen LogP contribution in [0.5, 0.6) is 0 Å². The van der Waals surface area contributed by atoms with Crippen LogP contribution in [-0.2, 0) is 14.8 Å². The summed E-state index contributed by atoms with van der Waals surface area (Å²) >= 11 is 0. The SMILES string of the molecule is CC1=NN(c2ccccc2)[C@@H](O)/C1=N\Nc1cccc(S(=O)(=O)N2CCOCC2)c1. The molecule has 0 saturated carbocycles. The van der Waals surface area contributed by atoms with E-state index in [9.17, 15) is 13.5 Å². The van der Waals surface area contributed by atoms with Gasteiger partial charge in [0.25, 0.3) is 0 Å². The molecule has 158 valence electrons. The van der Waals surface area contributed by atoms with Gasteiger partial charge in [0.2, 0.25) is 10.0 Å². The van der Waals surface area contributed by atoms with E-state index >= 15 is 0 Å². The zero-order valence-electron chi connectivity index (χ0n) is 16.5. The molecule has 2 aliphatic heterocycles. The number of sulfonamides is 1. The largest absolute Gasteiger partial charge is 0.379 e. The molecule has 9 nitrogen and oxygen atoms in total. The van der Waals surface area contributed by atoms with Gasteiger partial charge in [-0.2, -0.15) is 14.5 Å². The second-order valence-electron chi connectivity index (χ2n) is 6.89. The number of hydrogen-bond donors (Lipinski definition) is 2. The summed E-state index contributed by atoms with van der Waals surface area (Å²) in [6.45, 7) is 3.20. The van der Waals surface area contributed by atoms with E-state index < -0.39 is 16.3 Å². The number of morpholine rings is 1. The van der Waals surface area contributed by atoms with Crippen molar-refractivity contribution >= 4 is 32.8 Å². The first-order chi connectivity index (χ1) is 14.5.